The minimum atomic E-state index is 0.0697. The molecule has 4 heteroatoms. The van der Waals surface area contributed by atoms with Crippen LogP contribution >= 0.6 is 27.3 Å². The summed E-state index contributed by atoms with van der Waals surface area (Å²) in [6.45, 7) is 5.25. The maximum absolute atomic E-state index is 11.6. The second-order valence-corrected chi connectivity index (χ2v) is 6.58. The molecule has 0 amide bonds. The standard InChI is InChI=1S/C12H17BrO2S/c1-9(2)4-3-7-15-8-10(14)11-5-6-12(13)16-11/h5-6,9H,3-4,7-8H2,1-2H3. The van der Waals surface area contributed by atoms with Crippen LogP contribution in [-0.4, -0.2) is 19.0 Å². The van der Waals surface area contributed by atoms with Gasteiger partial charge in [0, 0.05) is 6.61 Å². The Morgan fingerprint density at radius 1 is 1.50 bits per heavy atom. The van der Waals surface area contributed by atoms with Crippen LogP contribution in [-0.2, 0) is 4.74 Å². The number of Topliss-reactive ketones (excluding diaryl/α,β-unsaturated/α-hetero) is 1. The Kier molecular flexibility index (Phi) is 6.24. The Hall–Kier alpha value is -0.190. The maximum atomic E-state index is 11.6. The van der Waals surface area contributed by atoms with Gasteiger partial charge in [-0.1, -0.05) is 13.8 Å². The van der Waals surface area contributed by atoms with Crippen molar-refractivity contribution in [3.63, 3.8) is 0 Å². The highest BCUT2D eigenvalue weighted by molar-refractivity contribution is 9.11. The zero-order chi connectivity index (χ0) is 12.0. The van der Waals surface area contributed by atoms with Gasteiger partial charge in [0.2, 0.25) is 0 Å². The van der Waals surface area contributed by atoms with Crippen molar-refractivity contribution in [2.24, 2.45) is 5.92 Å². The number of hydrogen-bond donors (Lipinski definition) is 0. The highest BCUT2D eigenvalue weighted by Gasteiger charge is 2.08. The summed E-state index contributed by atoms with van der Waals surface area (Å²) in [7, 11) is 0. The SMILES string of the molecule is CC(C)CCCOCC(=O)c1ccc(Br)s1. The van der Waals surface area contributed by atoms with E-state index in [0.29, 0.717) is 12.5 Å². The van der Waals surface area contributed by atoms with Gasteiger partial charge in [-0.2, -0.15) is 0 Å². The topological polar surface area (TPSA) is 26.3 Å². The van der Waals surface area contributed by atoms with Gasteiger partial charge in [-0.15, -0.1) is 11.3 Å². The minimum absolute atomic E-state index is 0.0697. The van der Waals surface area contributed by atoms with E-state index in [-0.39, 0.29) is 12.4 Å². The number of carbonyl (C=O) groups is 1. The van der Waals surface area contributed by atoms with Crippen LogP contribution < -0.4 is 0 Å². The summed E-state index contributed by atoms with van der Waals surface area (Å²) >= 11 is 4.79. The summed E-state index contributed by atoms with van der Waals surface area (Å²) in [6.07, 6.45) is 2.18. The molecule has 1 rings (SSSR count). The highest BCUT2D eigenvalue weighted by atomic mass is 79.9. The van der Waals surface area contributed by atoms with Gasteiger partial charge in [-0.05, 0) is 46.8 Å². The second kappa shape index (κ2) is 7.20. The fourth-order valence-corrected chi connectivity index (χ4v) is 2.60. The van der Waals surface area contributed by atoms with Gasteiger partial charge in [0.05, 0.1) is 8.66 Å². The third-order valence-corrected chi connectivity index (χ3v) is 3.82. The molecule has 1 aromatic rings. The summed E-state index contributed by atoms with van der Waals surface area (Å²) in [5.74, 6) is 0.771. The first-order chi connectivity index (χ1) is 7.59. The van der Waals surface area contributed by atoms with Crippen LogP contribution in [0.1, 0.15) is 36.4 Å². The zero-order valence-electron chi connectivity index (χ0n) is 9.66. The molecular formula is C12H17BrO2S. The summed E-state index contributed by atoms with van der Waals surface area (Å²) < 4.78 is 6.33. The fourth-order valence-electron chi connectivity index (χ4n) is 1.29. The molecule has 0 N–H and O–H groups in total. The molecule has 0 saturated heterocycles. The number of halogens is 1. The molecule has 2 nitrogen and oxygen atoms in total. The second-order valence-electron chi connectivity index (χ2n) is 4.12. The lowest BCUT2D eigenvalue weighted by atomic mass is 10.1. The zero-order valence-corrected chi connectivity index (χ0v) is 12.1. The lowest BCUT2D eigenvalue weighted by molar-refractivity contribution is 0.0753. The summed E-state index contributed by atoms with van der Waals surface area (Å²) in [5.41, 5.74) is 0. The molecule has 0 aliphatic carbocycles. The van der Waals surface area contributed by atoms with Crippen molar-refractivity contribution in [2.45, 2.75) is 26.7 Å². The Labute approximate surface area is 109 Å². The van der Waals surface area contributed by atoms with Gasteiger partial charge in [0.1, 0.15) is 6.61 Å². The van der Waals surface area contributed by atoms with Crippen molar-refractivity contribution in [1.82, 2.24) is 0 Å². The first-order valence-corrected chi connectivity index (χ1v) is 7.07. The molecule has 0 aromatic carbocycles. The molecule has 90 valence electrons. The molecule has 0 aliphatic rings. The molecule has 0 spiro atoms. The Morgan fingerprint density at radius 2 is 2.25 bits per heavy atom. The van der Waals surface area contributed by atoms with Gasteiger partial charge in [-0.25, -0.2) is 0 Å². The molecular weight excluding hydrogens is 288 g/mol. The first-order valence-electron chi connectivity index (χ1n) is 5.46. The average molecular weight is 305 g/mol. The number of carbonyl (C=O) groups excluding carboxylic acids is 1. The van der Waals surface area contributed by atoms with Gasteiger partial charge >= 0.3 is 0 Å². The molecule has 1 heterocycles. The first kappa shape index (κ1) is 13.9. The fraction of sp³-hybridized carbons (Fsp3) is 0.583. The van der Waals surface area contributed by atoms with Gasteiger partial charge < -0.3 is 4.74 Å². The van der Waals surface area contributed by atoms with Crippen LogP contribution in [0.4, 0.5) is 0 Å². The normalized spacial score (nSPS) is 11.0. The number of ether oxygens (including phenoxy) is 1. The van der Waals surface area contributed by atoms with E-state index in [9.17, 15) is 4.79 Å². The minimum Gasteiger partial charge on any atom is -0.373 e. The Bertz CT molecular complexity index is 334. The van der Waals surface area contributed by atoms with E-state index in [1.165, 1.54) is 11.3 Å². The monoisotopic (exact) mass is 304 g/mol. The largest absolute Gasteiger partial charge is 0.373 e. The molecule has 0 atom stereocenters. The molecule has 1 aromatic heterocycles. The van der Waals surface area contributed by atoms with Crippen molar-refractivity contribution in [1.29, 1.82) is 0 Å². The number of hydrogen-bond acceptors (Lipinski definition) is 3. The Balaban J connectivity index is 2.16. The van der Waals surface area contributed by atoms with Crippen molar-refractivity contribution >= 4 is 33.0 Å². The van der Waals surface area contributed by atoms with E-state index in [1.807, 2.05) is 12.1 Å². The van der Waals surface area contributed by atoms with Gasteiger partial charge in [-0.3, -0.25) is 4.79 Å². The molecule has 0 saturated carbocycles. The van der Waals surface area contributed by atoms with Crippen LogP contribution in [0.3, 0.4) is 0 Å². The van der Waals surface area contributed by atoms with Crippen LogP contribution in [0, 0.1) is 5.92 Å². The summed E-state index contributed by atoms with van der Waals surface area (Å²) in [4.78, 5) is 12.4. The Morgan fingerprint density at radius 3 is 2.81 bits per heavy atom. The smallest absolute Gasteiger partial charge is 0.198 e. The van der Waals surface area contributed by atoms with Crippen molar-refractivity contribution in [3.05, 3.63) is 20.8 Å². The third kappa shape index (κ3) is 5.23. The van der Waals surface area contributed by atoms with Gasteiger partial charge in [0.15, 0.2) is 5.78 Å². The van der Waals surface area contributed by atoms with Crippen LogP contribution in [0.25, 0.3) is 0 Å². The summed E-state index contributed by atoms with van der Waals surface area (Å²) in [6, 6.07) is 3.71. The van der Waals surface area contributed by atoms with E-state index in [2.05, 4.69) is 29.8 Å². The van der Waals surface area contributed by atoms with E-state index >= 15 is 0 Å². The molecule has 0 unspecified atom stereocenters. The van der Waals surface area contributed by atoms with Crippen molar-refractivity contribution in [3.8, 4) is 0 Å². The van der Waals surface area contributed by atoms with Crippen molar-refractivity contribution < 1.29 is 9.53 Å². The maximum Gasteiger partial charge on any atom is 0.198 e. The third-order valence-electron chi connectivity index (χ3n) is 2.15. The highest BCUT2D eigenvalue weighted by Crippen LogP contribution is 2.22. The van der Waals surface area contributed by atoms with Gasteiger partial charge in [0.25, 0.3) is 0 Å². The number of rotatable bonds is 7. The molecule has 16 heavy (non-hydrogen) atoms. The van der Waals surface area contributed by atoms with E-state index in [0.717, 1.165) is 21.5 Å². The molecule has 0 aliphatic heterocycles. The van der Waals surface area contributed by atoms with E-state index in [4.69, 9.17) is 4.74 Å². The molecule has 0 radical (unpaired) electrons. The molecule has 0 fully saturated rings. The van der Waals surface area contributed by atoms with E-state index in [1.54, 1.807) is 0 Å². The predicted molar refractivity (Wildman–Crippen MR) is 71.2 cm³/mol. The molecule has 0 bridgehead atoms. The van der Waals surface area contributed by atoms with Crippen LogP contribution in [0.5, 0.6) is 0 Å². The average Bonchev–Trinajstić information content (AvgIpc) is 2.63. The number of ketones is 1. The van der Waals surface area contributed by atoms with Crippen molar-refractivity contribution in [2.75, 3.05) is 13.2 Å². The predicted octanol–water partition coefficient (Wildman–Crippen LogP) is 4.15. The number of thiophene rings is 1. The van der Waals surface area contributed by atoms with Crippen LogP contribution in [0.15, 0.2) is 15.9 Å². The van der Waals surface area contributed by atoms with Crippen LogP contribution in [0.2, 0.25) is 0 Å². The lowest BCUT2D eigenvalue weighted by Crippen LogP contribution is -2.08. The quantitative estimate of drug-likeness (QED) is 0.559. The summed E-state index contributed by atoms with van der Waals surface area (Å²) in [5, 5.41) is 0. The van der Waals surface area contributed by atoms with E-state index < -0.39 is 0 Å². The lowest BCUT2D eigenvalue weighted by Gasteiger charge is -2.04.